The molecule has 6 heteroatoms. The first-order chi connectivity index (χ1) is 13.6. The van der Waals surface area contributed by atoms with Crippen molar-refractivity contribution < 1.29 is 18.3 Å². The van der Waals surface area contributed by atoms with E-state index in [-0.39, 0.29) is 5.75 Å². The Bertz CT molecular complexity index is 965. The van der Waals surface area contributed by atoms with Gasteiger partial charge in [-0.25, -0.2) is 8.78 Å². The quantitative estimate of drug-likeness (QED) is 0.623. The van der Waals surface area contributed by atoms with Crippen molar-refractivity contribution in [3.8, 4) is 11.6 Å². The first kappa shape index (κ1) is 18.9. The number of aromatic nitrogens is 1. The summed E-state index contributed by atoms with van der Waals surface area (Å²) in [5, 5.41) is 1.10. The van der Waals surface area contributed by atoms with Crippen molar-refractivity contribution in [2.45, 2.75) is 12.8 Å². The number of para-hydroxylation sites is 1. The number of rotatable bonds is 6. The SMILES string of the molecule is Cn1c(Oc2ccc(F)cc2F)c(CCCN2CCOCC2)c2ccccc21. The molecule has 1 aliphatic rings. The lowest BCUT2D eigenvalue weighted by Gasteiger charge is -2.26. The molecule has 1 saturated heterocycles. The topological polar surface area (TPSA) is 26.6 Å². The zero-order valence-corrected chi connectivity index (χ0v) is 16.0. The fourth-order valence-corrected chi connectivity index (χ4v) is 3.79. The monoisotopic (exact) mass is 386 g/mol. The number of hydrogen-bond acceptors (Lipinski definition) is 3. The molecule has 0 aliphatic carbocycles. The number of fused-ring (bicyclic) bond motifs is 1. The van der Waals surface area contributed by atoms with Crippen LogP contribution in [0.4, 0.5) is 8.78 Å². The number of ether oxygens (including phenoxy) is 2. The van der Waals surface area contributed by atoms with E-state index in [0.717, 1.165) is 68.2 Å². The molecular formula is C22H24F2N2O2. The highest BCUT2D eigenvalue weighted by molar-refractivity contribution is 5.87. The van der Waals surface area contributed by atoms with Gasteiger partial charge in [-0.2, -0.15) is 0 Å². The van der Waals surface area contributed by atoms with E-state index in [1.165, 1.54) is 12.1 Å². The third-order valence-corrected chi connectivity index (χ3v) is 5.26. The molecule has 1 fully saturated rings. The van der Waals surface area contributed by atoms with Crippen LogP contribution < -0.4 is 4.74 Å². The van der Waals surface area contributed by atoms with Gasteiger partial charge in [0, 0.05) is 37.2 Å². The average molecular weight is 386 g/mol. The van der Waals surface area contributed by atoms with Crippen LogP contribution in [0.5, 0.6) is 11.6 Å². The summed E-state index contributed by atoms with van der Waals surface area (Å²) >= 11 is 0. The van der Waals surface area contributed by atoms with Crippen LogP contribution in [0.3, 0.4) is 0 Å². The minimum atomic E-state index is -0.704. The van der Waals surface area contributed by atoms with Gasteiger partial charge in [0.05, 0.1) is 18.7 Å². The first-order valence-electron chi connectivity index (χ1n) is 9.63. The van der Waals surface area contributed by atoms with Crippen LogP contribution in [0.15, 0.2) is 42.5 Å². The molecule has 0 radical (unpaired) electrons. The Labute approximate surface area is 163 Å². The van der Waals surface area contributed by atoms with Crippen molar-refractivity contribution >= 4 is 10.9 Å². The van der Waals surface area contributed by atoms with Crippen molar-refractivity contribution in [1.29, 1.82) is 0 Å². The lowest BCUT2D eigenvalue weighted by Crippen LogP contribution is -2.36. The molecule has 4 rings (SSSR count). The van der Waals surface area contributed by atoms with E-state index < -0.39 is 11.6 Å². The number of halogens is 2. The van der Waals surface area contributed by atoms with Crippen LogP contribution in [0.1, 0.15) is 12.0 Å². The molecule has 1 aliphatic heterocycles. The lowest BCUT2D eigenvalue weighted by molar-refractivity contribution is 0.0374. The zero-order chi connectivity index (χ0) is 19.5. The predicted octanol–water partition coefficient (Wildman–Crippen LogP) is 4.51. The fourth-order valence-electron chi connectivity index (χ4n) is 3.79. The van der Waals surface area contributed by atoms with Crippen LogP contribution in [-0.2, 0) is 18.2 Å². The second-order valence-electron chi connectivity index (χ2n) is 7.09. The van der Waals surface area contributed by atoms with E-state index in [1.54, 1.807) is 0 Å². The standard InChI is InChI=1S/C22H24F2N2O2/c1-25-20-7-3-2-5-17(20)18(6-4-10-26-11-13-27-14-12-26)22(25)28-21-9-8-16(23)15-19(21)24/h2-3,5,7-9,15H,4,6,10-14H2,1H3. The van der Waals surface area contributed by atoms with Crippen molar-refractivity contribution in [3.63, 3.8) is 0 Å². The van der Waals surface area contributed by atoms with Gasteiger partial charge in [-0.1, -0.05) is 18.2 Å². The Balaban J connectivity index is 1.61. The molecule has 0 N–H and O–H groups in total. The van der Waals surface area contributed by atoms with E-state index >= 15 is 0 Å². The molecule has 3 aromatic rings. The Morgan fingerprint density at radius 1 is 1.07 bits per heavy atom. The molecule has 2 heterocycles. The molecule has 0 unspecified atom stereocenters. The maximum absolute atomic E-state index is 14.2. The summed E-state index contributed by atoms with van der Waals surface area (Å²) in [6.07, 6.45) is 1.78. The highest BCUT2D eigenvalue weighted by Gasteiger charge is 2.19. The normalized spacial score (nSPS) is 15.2. The van der Waals surface area contributed by atoms with Crippen molar-refractivity contribution in [3.05, 3.63) is 59.7 Å². The minimum absolute atomic E-state index is 0.0294. The number of benzene rings is 2. The molecular weight excluding hydrogens is 362 g/mol. The van der Waals surface area contributed by atoms with Gasteiger partial charge in [-0.05, 0) is 37.6 Å². The van der Waals surface area contributed by atoms with Crippen LogP contribution >= 0.6 is 0 Å². The van der Waals surface area contributed by atoms with Gasteiger partial charge in [0.15, 0.2) is 11.6 Å². The number of aryl methyl sites for hydroxylation is 2. The highest BCUT2D eigenvalue weighted by atomic mass is 19.1. The molecule has 0 saturated carbocycles. The Hall–Kier alpha value is -2.44. The number of nitrogens with zero attached hydrogens (tertiary/aromatic N) is 2. The Morgan fingerprint density at radius 3 is 2.64 bits per heavy atom. The smallest absolute Gasteiger partial charge is 0.204 e. The van der Waals surface area contributed by atoms with Gasteiger partial charge in [-0.3, -0.25) is 4.90 Å². The highest BCUT2D eigenvalue weighted by Crippen LogP contribution is 2.36. The van der Waals surface area contributed by atoms with Gasteiger partial charge < -0.3 is 14.0 Å². The second kappa shape index (κ2) is 8.29. The van der Waals surface area contributed by atoms with Gasteiger partial charge in [-0.15, -0.1) is 0 Å². The molecule has 148 valence electrons. The Kier molecular flexibility index (Phi) is 5.59. The van der Waals surface area contributed by atoms with Crippen LogP contribution in [-0.4, -0.2) is 42.3 Å². The van der Waals surface area contributed by atoms with Gasteiger partial charge in [0.2, 0.25) is 5.88 Å². The summed E-state index contributed by atoms with van der Waals surface area (Å²) in [5.41, 5.74) is 2.08. The van der Waals surface area contributed by atoms with Crippen molar-refractivity contribution in [1.82, 2.24) is 9.47 Å². The molecule has 2 aromatic carbocycles. The van der Waals surface area contributed by atoms with E-state index in [0.29, 0.717) is 5.88 Å². The lowest BCUT2D eigenvalue weighted by atomic mass is 10.1. The summed E-state index contributed by atoms with van der Waals surface area (Å²) in [4.78, 5) is 2.40. The molecule has 1 aromatic heterocycles. The summed E-state index contributed by atoms with van der Waals surface area (Å²) in [6.45, 7) is 4.47. The van der Waals surface area contributed by atoms with Crippen LogP contribution in [0, 0.1) is 11.6 Å². The maximum Gasteiger partial charge on any atom is 0.204 e. The van der Waals surface area contributed by atoms with Gasteiger partial charge in [0.25, 0.3) is 0 Å². The van der Waals surface area contributed by atoms with Crippen LogP contribution in [0.25, 0.3) is 10.9 Å². The predicted molar refractivity (Wildman–Crippen MR) is 105 cm³/mol. The number of hydrogen-bond donors (Lipinski definition) is 0. The summed E-state index contributed by atoms with van der Waals surface area (Å²) in [6, 6.07) is 11.4. The Morgan fingerprint density at radius 2 is 1.86 bits per heavy atom. The molecule has 28 heavy (non-hydrogen) atoms. The van der Waals surface area contributed by atoms with Crippen molar-refractivity contribution in [2.75, 3.05) is 32.8 Å². The first-order valence-corrected chi connectivity index (χ1v) is 9.63. The van der Waals surface area contributed by atoms with Crippen LogP contribution in [0.2, 0.25) is 0 Å². The molecule has 0 amide bonds. The van der Waals surface area contributed by atoms with Gasteiger partial charge in [0.1, 0.15) is 5.82 Å². The fraction of sp³-hybridized carbons (Fsp3) is 0.364. The van der Waals surface area contributed by atoms with E-state index in [9.17, 15) is 8.78 Å². The van der Waals surface area contributed by atoms with Gasteiger partial charge >= 0.3 is 0 Å². The molecule has 0 atom stereocenters. The van der Waals surface area contributed by atoms with E-state index in [2.05, 4.69) is 11.0 Å². The van der Waals surface area contributed by atoms with E-state index in [1.807, 2.05) is 29.8 Å². The van der Waals surface area contributed by atoms with E-state index in [4.69, 9.17) is 9.47 Å². The largest absolute Gasteiger partial charge is 0.437 e. The maximum atomic E-state index is 14.2. The summed E-state index contributed by atoms with van der Waals surface area (Å²) in [5.74, 6) is -0.687. The third kappa shape index (κ3) is 3.88. The van der Waals surface area contributed by atoms with Crippen molar-refractivity contribution in [2.24, 2.45) is 7.05 Å². The minimum Gasteiger partial charge on any atom is -0.437 e. The second-order valence-corrected chi connectivity index (χ2v) is 7.09. The number of morpholine rings is 1. The summed E-state index contributed by atoms with van der Waals surface area (Å²) < 4.78 is 40.7. The average Bonchev–Trinajstić information content (AvgIpc) is 2.97. The molecule has 0 spiro atoms. The molecule has 0 bridgehead atoms. The zero-order valence-electron chi connectivity index (χ0n) is 16.0. The summed E-state index contributed by atoms with van der Waals surface area (Å²) in [7, 11) is 1.91. The third-order valence-electron chi connectivity index (χ3n) is 5.26. The molecule has 4 nitrogen and oxygen atoms in total.